The lowest BCUT2D eigenvalue weighted by Crippen LogP contribution is -2.28. The van der Waals surface area contributed by atoms with Crippen LogP contribution in [0.15, 0.2) is 41.0 Å². The molecule has 0 amide bonds. The summed E-state index contributed by atoms with van der Waals surface area (Å²) >= 11 is 3.46. The molecule has 4 heteroatoms. The van der Waals surface area contributed by atoms with Crippen molar-refractivity contribution in [2.45, 2.75) is 39.0 Å². The number of benzene rings is 1. The summed E-state index contributed by atoms with van der Waals surface area (Å²) < 4.78 is 0.834. The highest BCUT2D eigenvalue weighted by Gasteiger charge is 2.20. The highest BCUT2D eigenvalue weighted by atomic mass is 79.9. The predicted molar refractivity (Wildman–Crippen MR) is 91.7 cm³/mol. The molecule has 0 aliphatic heterocycles. The first-order chi connectivity index (χ1) is 10.0. The molecule has 0 bridgehead atoms. The molecule has 0 radical (unpaired) electrons. The number of hydrogen-bond donors (Lipinski definition) is 1. The maximum Gasteiger partial charge on any atom is 0.132 e. The summed E-state index contributed by atoms with van der Waals surface area (Å²) in [4.78, 5) is 8.96. The average Bonchev–Trinajstić information content (AvgIpc) is 2.46. The maximum absolute atomic E-state index is 4.57. The Labute approximate surface area is 135 Å². The van der Waals surface area contributed by atoms with Gasteiger partial charge in [0.25, 0.3) is 0 Å². The Bertz CT molecular complexity index is 582. The fraction of sp³-hybridized carbons (Fsp3) is 0.412. The average molecular weight is 348 g/mol. The van der Waals surface area contributed by atoms with Gasteiger partial charge in [-0.05, 0) is 27.9 Å². The first-order valence-corrected chi connectivity index (χ1v) is 8.13. The van der Waals surface area contributed by atoms with E-state index in [4.69, 9.17) is 0 Å². The topological polar surface area (TPSA) is 37.8 Å². The molecule has 3 nitrogen and oxygen atoms in total. The fourth-order valence-electron chi connectivity index (χ4n) is 2.19. The standard InChI is InChI=1S/C17H22BrN3/c1-4-8-15-20-14(18)11-16(21-15)19-12-17(2,3)13-9-6-5-7-10-13/h5-7,9-11H,4,8,12H2,1-3H3,(H,19,20,21). The summed E-state index contributed by atoms with van der Waals surface area (Å²) in [6.45, 7) is 7.43. The van der Waals surface area contributed by atoms with Crippen molar-refractivity contribution in [3.63, 3.8) is 0 Å². The summed E-state index contributed by atoms with van der Waals surface area (Å²) in [5.41, 5.74) is 1.36. The monoisotopic (exact) mass is 347 g/mol. The van der Waals surface area contributed by atoms with Crippen LogP contribution < -0.4 is 5.32 Å². The first kappa shape index (κ1) is 16.0. The molecule has 1 aromatic carbocycles. The lowest BCUT2D eigenvalue weighted by Gasteiger charge is -2.26. The molecule has 0 spiro atoms. The van der Waals surface area contributed by atoms with Crippen molar-refractivity contribution in [1.82, 2.24) is 9.97 Å². The minimum atomic E-state index is 0.0452. The van der Waals surface area contributed by atoms with E-state index in [1.165, 1.54) is 5.56 Å². The molecule has 1 N–H and O–H groups in total. The van der Waals surface area contributed by atoms with E-state index < -0.39 is 0 Å². The zero-order chi connectivity index (χ0) is 15.3. The van der Waals surface area contributed by atoms with E-state index in [9.17, 15) is 0 Å². The summed E-state index contributed by atoms with van der Waals surface area (Å²) in [5, 5.41) is 3.44. The van der Waals surface area contributed by atoms with E-state index >= 15 is 0 Å². The van der Waals surface area contributed by atoms with E-state index in [0.717, 1.165) is 35.6 Å². The fourth-order valence-corrected chi connectivity index (χ4v) is 2.62. The van der Waals surface area contributed by atoms with Gasteiger partial charge in [-0.15, -0.1) is 0 Å². The Morgan fingerprint density at radius 2 is 1.86 bits per heavy atom. The second-order valence-corrected chi connectivity index (χ2v) is 6.66. The number of nitrogens with one attached hydrogen (secondary N) is 1. The molecule has 2 rings (SSSR count). The molecule has 0 unspecified atom stereocenters. The van der Waals surface area contributed by atoms with Crippen LogP contribution in [0.25, 0.3) is 0 Å². The first-order valence-electron chi connectivity index (χ1n) is 7.34. The molecule has 112 valence electrons. The lowest BCUT2D eigenvalue weighted by atomic mass is 9.85. The van der Waals surface area contributed by atoms with Crippen molar-refractivity contribution in [2.75, 3.05) is 11.9 Å². The third-order valence-electron chi connectivity index (χ3n) is 3.48. The van der Waals surface area contributed by atoms with E-state index in [1.807, 2.05) is 12.1 Å². The third-order valence-corrected chi connectivity index (χ3v) is 3.89. The van der Waals surface area contributed by atoms with Gasteiger partial charge in [0.05, 0.1) is 0 Å². The summed E-state index contributed by atoms with van der Waals surface area (Å²) in [6.07, 6.45) is 1.95. The molecular formula is C17H22BrN3. The van der Waals surface area contributed by atoms with Crippen LogP contribution in [-0.2, 0) is 11.8 Å². The van der Waals surface area contributed by atoms with Crippen LogP contribution in [0.3, 0.4) is 0 Å². The second-order valence-electron chi connectivity index (χ2n) is 5.85. The zero-order valence-electron chi connectivity index (χ0n) is 12.9. The van der Waals surface area contributed by atoms with Crippen molar-refractivity contribution in [3.05, 3.63) is 52.4 Å². The van der Waals surface area contributed by atoms with Gasteiger partial charge in [-0.2, -0.15) is 0 Å². The number of hydrogen-bond acceptors (Lipinski definition) is 3. The Hall–Kier alpha value is -1.42. The molecule has 1 aromatic heterocycles. The van der Waals surface area contributed by atoms with Crippen molar-refractivity contribution >= 4 is 21.7 Å². The number of nitrogens with zero attached hydrogens (tertiary/aromatic N) is 2. The van der Waals surface area contributed by atoms with Gasteiger partial charge in [0.15, 0.2) is 0 Å². The quantitative estimate of drug-likeness (QED) is 0.777. The number of halogens is 1. The molecule has 0 aliphatic carbocycles. The number of rotatable bonds is 6. The molecule has 1 heterocycles. The number of aryl methyl sites for hydroxylation is 1. The van der Waals surface area contributed by atoms with Gasteiger partial charge in [0.2, 0.25) is 0 Å². The van der Waals surface area contributed by atoms with Crippen LogP contribution in [0.5, 0.6) is 0 Å². The predicted octanol–water partition coefficient (Wildman–Crippen LogP) is 4.58. The van der Waals surface area contributed by atoms with Crippen LogP contribution in [0.2, 0.25) is 0 Å². The molecule has 21 heavy (non-hydrogen) atoms. The van der Waals surface area contributed by atoms with E-state index in [2.05, 4.69) is 76.3 Å². The van der Waals surface area contributed by atoms with Crippen molar-refractivity contribution in [1.29, 1.82) is 0 Å². The van der Waals surface area contributed by atoms with Crippen molar-refractivity contribution < 1.29 is 0 Å². The molecule has 2 aromatic rings. The summed E-state index contributed by atoms with van der Waals surface area (Å²) in [6, 6.07) is 12.5. The normalized spacial score (nSPS) is 11.4. The van der Waals surface area contributed by atoms with Crippen LogP contribution in [-0.4, -0.2) is 16.5 Å². The van der Waals surface area contributed by atoms with E-state index in [0.29, 0.717) is 0 Å². The zero-order valence-corrected chi connectivity index (χ0v) is 14.4. The van der Waals surface area contributed by atoms with Crippen molar-refractivity contribution in [2.24, 2.45) is 0 Å². The molecule has 0 saturated carbocycles. The minimum absolute atomic E-state index is 0.0452. The van der Waals surface area contributed by atoms with Crippen LogP contribution in [0.1, 0.15) is 38.6 Å². The van der Waals surface area contributed by atoms with Gasteiger partial charge < -0.3 is 5.32 Å². The van der Waals surface area contributed by atoms with Gasteiger partial charge in [0.1, 0.15) is 16.2 Å². The Kier molecular flexibility index (Phi) is 5.34. The SMILES string of the molecule is CCCc1nc(Br)cc(NCC(C)(C)c2ccccc2)n1. The molecule has 0 saturated heterocycles. The summed E-state index contributed by atoms with van der Waals surface area (Å²) in [7, 11) is 0. The van der Waals surface area contributed by atoms with E-state index in [-0.39, 0.29) is 5.41 Å². The summed E-state index contributed by atoms with van der Waals surface area (Å²) in [5.74, 6) is 1.76. The Balaban J connectivity index is 2.09. The van der Waals surface area contributed by atoms with Crippen LogP contribution in [0, 0.1) is 0 Å². The largest absolute Gasteiger partial charge is 0.369 e. The van der Waals surface area contributed by atoms with Gasteiger partial charge in [-0.1, -0.05) is 51.1 Å². The molecule has 0 aliphatic rings. The van der Waals surface area contributed by atoms with Gasteiger partial charge in [0, 0.05) is 24.4 Å². The van der Waals surface area contributed by atoms with Crippen molar-refractivity contribution in [3.8, 4) is 0 Å². The molecule has 0 atom stereocenters. The van der Waals surface area contributed by atoms with Crippen LogP contribution in [0.4, 0.5) is 5.82 Å². The molecular weight excluding hydrogens is 326 g/mol. The molecule has 0 fully saturated rings. The van der Waals surface area contributed by atoms with Crippen LogP contribution >= 0.6 is 15.9 Å². The Morgan fingerprint density at radius 3 is 2.52 bits per heavy atom. The lowest BCUT2D eigenvalue weighted by molar-refractivity contribution is 0.556. The number of anilines is 1. The maximum atomic E-state index is 4.57. The number of aromatic nitrogens is 2. The third kappa shape index (κ3) is 4.53. The Morgan fingerprint density at radius 1 is 1.14 bits per heavy atom. The smallest absolute Gasteiger partial charge is 0.132 e. The second kappa shape index (κ2) is 7.03. The minimum Gasteiger partial charge on any atom is -0.369 e. The van der Waals surface area contributed by atoms with Gasteiger partial charge in [-0.25, -0.2) is 9.97 Å². The highest BCUT2D eigenvalue weighted by molar-refractivity contribution is 9.10. The highest BCUT2D eigenvalue weighted by Crippen LogP contribution is 2.23. The van der Waals surface area contributed by atoms with Gasteiger partial charge >= 0.3 is 0 Å². The van der Waals surface area contributed by atoms with Gasteiger partial charge in [-0.3, -0.25) is 0 Å². The van der Waals surface area contributed by atoms with E-state index in [1.54, 1.807) is 0 Å².